The summed E-state index contributed by atoms with van der Waals surface area (Å²) in [7, 11) is 0. The first-order chi connectivity index (χ1) is 13.8. The van der Waals surface area contributed by atoms with Gasteiger partial charge in [0.05, 0.1) is 18.2 Å². The molecule has 0 saturated heterocycles. The zero-order chi connectivity index (χ0) is 21.2. The second kappa shape index (κ2) is 11.0. The SMILES string of the molecule is CC(=O)[C@H](Cc1ccccc1)NC(=O)COC(=O)c1cccc(OCC(C)C)c1. The summed E-state index contributed by atoms with van der Waals surface area (Å²) in [5.41, 5.74) is 1.23. The molecule has 29 heavy (non-hydrogen) atoms. The Kier molecular flexibility index (Phi) is 8.40. The van der Waals surface area contributed by atoms with Gasteiger partial charge in [-0.25, -0.2) is 4.79 Å². The first-order valence-corrected chi connectivity index (χ1v) is 9.59. The van der Waals surface area contributed by atoms with Crippen molar-refractivity contribution in [1.29, 1.82) is 0 Å². The summed E-state index contributed by atoms with van der Waals surface area (Å²) >= 11 is 0. The Hall–Kier alpha value is -3.15. The molecule has 6 nitrogen and oxygen atoms in total. The van der Waals surface area contributed by atoms with E-state index < -0.39 is 24.5 Å². The van der Waals surface area contributed by atoms with Crippen molar-refractivity contribution in [2.75, 3.05) is 13.2 Å². The Labute approximate surface area is 171 Å². The molecule has 1 amide bonds. The molecule has 0 aliphatic rings. The minimum absolute atomic E-state index is 0.163. The van der Waals surface area contributed by atoms with Gasteiger partial charge in [0, 0.05) is 0 Å². The number of esters is 1. The lowest BCUT2D eigenvalue weighted by atomic mass is 10.0. The minimum Gasteiger partial charge on any atom is -0.493 e. The van der Waals surface area contributed by atoms with Crippen LogP contribution in [0.25, 0.3) is 0 Å². The fourth-order valence-corrected chi connectivity index (χ4v) is 2.57. The van der Waals surface area contributed by atoms with E-state index in [1.807, 2.05) is 44.2 Å². The van der Waals surface area contributed by atoms with Gasteiger partial charge in [-0.05, 0) is 43.0 Å². The summed E-state index contributed by atoms with van der Waals surface area (Å²) in [4.78, 5) is 36.2. The average molecular weight is 397 g/mol. The van der Waals surface area contributed by atoms with Crippen LogP contribution in [0.3, 0.4) is 0 Å². The second-order valence-corrected chi connectivity index (χ2v) is 7.23. The maximum absolute atomic E-state index is 12.2. The van der Waals surface area contributed by atoms with E-state index in [2.05, 4.69) is 5.32 Å². The van der Waals surface area contributed by atoms with Crippen molar-refractivity contribution in [3.05, 3.63) is 65.7 Å². The molecule has 154 valence electrons. The molecule has 6 heteroatoms. The van der Waals surface area contributed by atoms with E-state index >= 15 is 0 Å². The Morgan fingerprint density at radius 1 is 1.00 bits per heavy atom. The van der Waals surface area contributed by atoms with Crippen LogP contribution >= 0.6 is 0 Å². The molecule has 1 atom stereocenters. The summed E-state index contributed by atoms with van der Waals surface area (Å²) in [6.45, 7) is 5.55. The molecule has 0 heterocycles. The highest BCUT2D eigenvalue weighted by atomic mass is 16.5. The van der Waals surface area contributed by atoms with E-state index in [0.717, 1.165) is 5.56 Å². The zero-order valence-electron chi connectivity index (χ0n) is 17.0. The molecule has 2 aromatic rings. The number of amides is 1. The highest BCUT2D eigenvalue weighted by molar-refractivity contribution is 5.93. The molecular weight excluding hydrogens is 370 g/mol. The Morgan fingerprint density at radius 3 is 2.38 bits per heavy atom. The van der Waals surface area contributed by atoms with Crippen LogP contribution in [0.1, 0.15) is 36.7 Å². The molecule has 0 saturated carbocycles. The smallest absolute Gasteiger partial charge is 0.338 e. The molecule has 0 aliphatic heterocycles. The molecule has 2 rings (SSSR count). The molecule has 2 aromatic carbocycles. The van der Waals surface area contributed by atoms with Gasteiger partial charge in [-0.3, -0.25) is 9.59 Å². The normalized spacial score (nSPS) is 11.6. The molecule has 0 bridgehead atoms. The quantitative estimate of drug-likeness (QED) is 0.623. The lowest BCUT2D eigenvalue weighted by molar-refractivity contribution is -0.128. The highest BCUT2D eigenvalue weighted by Gasteiger charge is 2.19. The van der Waals surface area contributed by atoms with Gasteiger partial charge in [0.2, 0.25) is 0 Å². The van der Waals surface area contributed by atoms with Gasteiger partial charge in [-0.1, -0.05) is 50.2 Å². The fourth-order valence-electron chi connectivity index (χ4n) is 2.57. The standard InChI is InChI=1S/C23H27NO5/c1-16(2)14-28-20-11-7-10-19(13-20)23(27)29-15-22(26)24-21(17(3)25)12-18-8-5-4-6-9-18/h4-11,13,16,21H,12,14-15H2,1-3H3,(H,24,26)/t21-/m0/s1. The molecular formula is C23H27NO5. The summed E-state index contributed by atoms with van der Waals surface area (Å²) in [6.07, 6.45) is 0.380. The van der Waals surface area contributed by atoms with Gasteiger partial charge in [0.15, 0.2) is 12.4 Å². The number of nitrogens with one attached hydrogen (secondary N) is 1. The van der Waals surface area contributed by atoms with Crippen molar-refractivity contribution in [2.24, 2.45) is 5.92 Å². The topological polar surface area (TPSA) is 81.7 Å². The first-order valence-electron chi connectivity index (χ1n) is 9.59. The first kappa shape index (κ1) is 22.1. The van der Waals surface area contributed by atoms with Gasteiger partial charge in [0.1, 0.15) is 5.75 Å². The number of Topliss-reactive ketones (excluding diaryl/α,β-unsaturated/α-hetero) is 1. The number of ether oxygens (including phenoxy) is 2. The van der Waals surface area contributed by atoms with Crippen LogP contribution in [0.4, 0.5) is 0 Å². The third kappa shape index (κ3) is 7.78. The minimum atomic E-state index is -0.670. The van der Waals surface area contributed by atoms with E-state index in [0.29, 0.717) is 30.3 Å². The fraction of sp³-hybridized carbons (Fsp3) is 0.348. The number of benzene rings is 2. The van der Waals surface area contributed by atoms with Crippen molar-refractivity contribution in [3.63, 3.8) is 0 Å². The van der Waals surface area contributed by atoms with Gasteiger partial charge in [0.25, 0.3) is 5.91 Å². The van der Waals surface area contributed by atoms with Gasteiger partial charge in [-0.15, -0.1) is 0 Å². The van der Waals surface area contributed by atoms with Crippen LogP contribution in [0, 0.1) is 5.92 Å². The molecule has 0 fully saturated rings. The number of carbonyl (C=O) groups is 3. The largest absolute Gasteiger partial charge is 0.493 e. The summed E-state index contributed by atoms with van der Waals surface area (Å²) < 4.78 is 10.7. The molecule has 1 N–H and O–H groups in total. The van der Waals surface area contributed by atoms with Gasteiger partial charge in [-0.2, -0.15) is 0 Å². The Morgan fingerprint density at radius 2 is 1.72 bits per heavy atom. The zero-order valence-corrected chi connectivity index (χ0v) is 17.0. The molecule has 0 spiro atoms. The van der Waals surface area contributed by atoms with E-state index in [1.54, 1.807) is 24.3 Å². The third-order valence-electron chi connectivity index (χ3n) is 4.10. The lowest BCUT2D eigenvalue weighted by Crippen LogP contribution is -2.43. The van der Waals surface area contributed by atoms with Crippen LogP contribution in [-0.4, -0.2) is 36.9 Å². The van der Waals surface area contributed by atoms with E-state index in [9.17, 15) is 14.4 Å². The number of rotatable bonds is 10. The monoisotopic (exact) mass is 397 g/mol. The van der Waals surface area contributed by atoms with E-state index in [-0.39, 0.29) is 5.78 Å². The van der Waals surface area contributed by atoms with Crippen LogP contribution in [0.2, 0.25) is 0 Å². The highest BCUT2D eigenvalue weighted by Crippen LogP contribution is 2.15. The lowest BCUT2D eigenvalue weighted by Gasteiger charge is -2.16. The molecule has 0 radical (unpaired) electrons. The van der Waals surface area contributed by atoms with Crippen LogP contribution in [-0.2, 0) is 20.7 Å². The van der Waals surface area contributed by atoms with Crippen molar-refractivity contribution in [2.45, 2.75) is 33.2 Å². The van der Waals surface area contributed by atoms with Crippen LogP contribution in [0.15, 0.2) is 54.6 Å². The maximum Gasteiger partial charge on any atom is 0.338 e. The molecule has 0 aromatic heterocycles. The van der Waals surface area contributed by atoms with Crippen LogP contribution < -0.4 is 10.1 Å². The summed E-state index contributed by atoms with van der Waals surface area (Å²) in [5, 5.41) is 2.63. The number of hydrogen-bond donors (Lipinski definition) is 1. The Balaban J connectivity index is 1.88. The molecule has 0 unspecified atom stereocenters. The summed E-state index contributed by atoms with van der Waals surface area (Å²) in [6, 6.07) is 15.3. The van der Waals surface area contributed by atoms with Crippen molar-refractivity contribution < 1.29 is 23.9 Å². The Bertz CT molecular complexity index is 832. The van der Waals surface area contributed by atoms with Crippen molar-refractivity contribution in [3.8, 4) is 5.75 Å². The van der Waals surface area contributed by atoms with Gasteiger partial charge >= 0.3 is 5.97 Å². The summed E-state index contributed by atoms with van der Waals surface area (Å²) in [5.74, 6) is -0.390. The van der Waals surface area contributed by atoms with Crippen LogP contribution in [0.5, 0.6) is 5.75 Å². The van der Waals surface area contributed by atoms with E-state index in [1.165, 1.54) is 6.92 Å². The maximum atomic E-state index is 12.2. The number of hydrogen-bond acceptors (Lipinski definition) is 5. The predicted molar refractivity (Wildman–Crippen MR) is 110 cm³/mol. The van der Waals surface area contributed by atoms with E-state index in [4.69, 9.17) is 9.47 Å². The predicted octanol–water partition coefficient (Wildman–Crippen LogP) is 3.19. The average Bonchev–Trinajstić information content (AvgIpc) is 2.71. The number of ketones is 1. The number of carbonyl (C=O) groups excluding carboxylic acids is 3. The molecule has 0 aliphatic carbocycles. The van der Waals surface area contributed by atoms with Crippen molar-refractivity contribution in [1.82, 2.24) is 5.32 Å². The van der Waals surface area contributed by atoms with Gasteiger partial charge < -0.3 is 14.8 Å². The van der Waals surface area contributed by atoms with Crippen molar-refractivity contribution >= 4 is 17.7 Å². The second-order valence-electron chi connectivity index (χ2n) is 7.23. The third-order valence-corrected chi connectivity index (χ3v) is 4.10.